The molecule has 1 aromatic heterocycles. The topological polar surface area (TPSA) is 128 Å². The number of carbonyl (C=O) groups excluding carboxylic acids is 2. The summed E-state index contributed by atoms with van der Waals surface area (Å²) in [6, 6.07) is 36.8. The molecule has 0 spiro atoms. The Bertz CT molecular complexity index is 2320. The fourth-order valence-electron chi connectivity index (χ4n) is 6.07. The zero-order valence-electron chi connectivity index (χ0n) is 30.5. The quantitative estimate of drug-likeness (QED) is 0.121. The van der Waals surface area contributed by atoms with E-state index in [0.717, 1.165) is 51.6 Å². The van der Waals surface area contributed by atoms with Crippen molar-refractivity contribution in [3.05, 3.63) is 143 Å². The number of carbonyl (C=O) groups is 2. The average Bonchev–Trinajstić information content (AvgIpc) is 3.60. The second-order valence-electron chi connectivity index (χ2n) is 14.1. The lowest BCUT2D eigenvalue weighted by atomic mass is 9.86. The van der Waals surface area contributed by atoms with Crippen LogP contribution in [0.15, 0.2) is 120 Å². The molecule has 6 rings (SSSR count). The fraction of sp³-hybridized carbons (Fsp3) is 0.233. The minimum absolute atomic E-state index is 0.0575. The minimum Gasteiger partial charge on any atom is -0.436 e. The molecule has 5 aromatic carbocycles. The van der Waals surface area contributed by atoms with Crippen molar-refractivity contribution in [2.75, 3.05) is 24.7 Å². The highest BCUT2D eigenvalue weighted by molar-refractivity contribution is 7.86. The highest BCUT2D eigenvalue weighted by Gasteiger charge is 2.23. The molecule has 0 unspecified atom stereocenters. The van der Waals surface area contributed by atoms with E-state index in [4.69, 9.17) is 4.42 Å². The number of hydrogen-bond donors (Lipinski definition) is 2. The molecule has 10 heteroatoms. The molecule has 272 valence electrons. The van der Waals surface area contributed by atoms with E-state index in [-0.39, 0.29) is 23.6 Å². The summed E-state index contributed by atoms with van der Waals surface area (Å²) in [5, 5.41) is 5.70. The van der Waals surface area contributed by atoms with Crippen LogP contribution >= 0.6 is 0 Å². The molecule has 2 N–H and O–H groups in total. The van der Waals surface area contributed by atoms with Crippen LogP contribution in [-0.4, -0.2) is 44.6 Å². The molecule has 1 atom stereocenters. The van der Waals surface area contributed by atoms with Gasteiger partial charge in [-0.05, 0) is 94.6 Å². The third-order valence-corrected chi connectivity index (χ3v) is 10.5. The van der Waals surface area contributed by atoms with Crippen LogP contribution in [0.4, 0.5) is 5.69 Å². The minimum atomic E-state index is -3.68. The summed E-state index contributed by atoms with van der Waals surface area (Å²) in [6.45, 7) is 8.49. The highest BCUT2D eigenvalue weighted by atomic mass is 32.2. The van der Waals surface area contributed by atoms with Crippen molar-refractivity contribution in [3.8, 4) is 22.6 Å². The summed E-state index contributed by atoms with van der Waals surface area (Å²) < 4.78 is 33.6. The van der Waals surface area contributed by atoms with Gasteiger partial charge in [-0.25, -0.2) is 4.98 Å². The Morgan fingerprint density at radius 1 is 0.811 bits per heavy atom. The van der Waals surface area contributed by atoms with Crippen LogP contribution < -0.4 is 10.6 Å². The second-order valence-corrected chi connectivity index (χ2v) is 16.0. The largest absolute Gasteiger partial charge is 0.436 e. The number of hydrogen-bond acceptors (Lipinski definition) is 7. The Kier molecular flexibility index (Phi) is 10.9. The third-order valence-electron chi connectivity index (χ3n) is 9.28. The van der Waals surface area contributed by atoms with Crippen molar-refractivity contribution in [2.45, 2.75) is 45.4 Å². The van der Waals surface area contributed by atoms with Crippen molar-refractivity contribution in [3.63, 3.8) is 0 Å². The molecule has 53 heavy (non-hydrogen) atoms. The summed E-state index contributed by atoms with van der Waals surface area (Å²) in [5.74, 6) is -0.954. The predicted molar refractivity (Wildman–Crippen MR) is 209 cm³/mol. The van der Waals surface area contributed by atoms with Gasteiger partial charge in [-0.15, -0.1) is 0 Å². The first-order chi connectivity index (χ1) is 25.3. The van der Waals surface area contributed by atoms with Crippen LogP contribution in [0.5, 0.6) is 0 Å². The number of anilines is 1. The normalized spacial score (nSPS) is 12.4. The van der Waals surface area contributed by atoms with Gasteiger partial charge in [0.25, 0.3) is 16.0 Å². The average molecular weight is 730 g/mol. The Morgan fingerprint density at radius 2 is 1.43 bits per heavy atom. The summed E-state index contributed by atoms with van der Waals surface area (Å²) in [7, 11) is -2.60. The summed E-state index contributed by atoms with van der Waals surface area (Å²) in [4.78, 5) is 31.4. The highest BCUT2D eigenvalue weighted by Crippen LogP contribution is 2.31. The van der Waals surface area contributed by atoms with Crippen molar-refractivity contribution in [1.82, 2.24) is 10.3 Å². The van der Waals surface area contributed by atoms with Gasteiger partial charge in [-0.1, -0.05) is 93.6 Å². The first-order valence-corrected chi connectivity index (χ1v) is 19.0. The van der Waals surface area contributed by atoms with Crippen molar-refractivity contribution >= 4 is 38.7 Å². The first-order valence-electron chi connectivity index (χ1n) is 17.4. The van der Waals surface area contributed by atoms with E-state index >= 15 is 0 Å². The molecule has 0 aliphatic heterocycles. The maximum atomic E-state index is 14.0. The van der Waals surface area contributed by atoms with Crippen molar-refractivity contribution in [2.24, 2.45) is 0 Å². The molecular weight excluding hydrogens is 687 g/mol. The van der Waals surface area contributed by atoms with Gasteiger partial charge in [-0.2, -0.15) is 8.42 Å². The standard InChI is InChI=1S/C43H43N3O6S/c1-28-7-6-8-38-39(28)46-42(52-38)34-19-23-36(24-20-34)45-41(48)37(27-29-9-11-33(12-10-29)40(47)44-25-26-53(49,50)51-5)32-15-13-30(14-16-32)31-17-21-35(22-18-31)43(2,3)4/h6-24,37H,25-27H2,1-5H3,(H,44,47)(H,45,48)/t37-/m1/s1. The molecule has 0 radical (unpaired) electrons. The fourth-order valence-corrected chi connectivity index (χ4v) is 6.59. The zero-order chi connectivity index (χ0) is 37.8. The van der Waals surface area contributed by atoms with E-state index in [1.807, 2.05) is 85.8 Å². The van der Waals surface area contributed by atoms with Crippen molar-refractivity contribution < 1.29 is 26.6 Å². The molecule has 1 heterocycles. The van der Waals surface area contributed by atoms with Crippen LogP contribution in [0.1, 0.15) is 59.3 Å². The van der Waals surface area contributed by atoms with E-state index in [0.29, 0.717) is 23.6 Å². The zero-order valence-corrected chi connectivity index (χ0v) is 31.3. The maximum absolute atomic E-state index is 14.0. The molecule has 0 aliphatic carbocycles. The predicted octanol–water partition coefficient (Wildman–Crippen LogP) is 8.44. The smallest absolute Gasteiger partial charge is 0.268 e. The third kappa shape index (κ3) is 9.08. The molecule has 9 nitrogen and oxygen atoms in total. The van der Waals surface area contributed by atoms with E-state index in [9.17, 15) is 18.0 Å². The molecule has 0 fully saturated rings. The number of oxazole rings is 1. The second kappa shape index (κ2) is 15.6. The van der Waals surface area contributed by atoms with Crippen LogP contribution in [0, 0.1) is 6.92 Å². The number of amides is 2. The van der Waals surface area contributed by atoms with Crippen LogP contribution in [0.2, 0.25) is 0 Å². The van der Waals surface area contributed by atoms with E-state index < -0.39 is 21.9 Å². The summed E-state index contributed by atoms with van der Waals surface area (Å²) in [5.41, 5.74) is 9.54. The molecule has 0 bridgehead atoms. The molecule has 0 saturated carbocycles. The van der Waals surface area contributed by atoms with Gasteiger partial charge < -0.3 is 15.1 Å². The van der Waals surface area contributed by atoms with Gasteiger partial charge >= 0.3 is 0 Å². The summed E-state index contributed by atoms with van der Waals surface area (Å²) in [6.07, 6.45) is 0.375. The lowest BCUT2D eigenvalue weighted by Gasteiger charge is -2.20. The van der Waals surface area contributed by atoms with Gasteiger partial charge in [0.15, 0.2) is 5.58 Å². The number of nitrogens with zero attached hydrogens (tertiary/aromatic N) is 1. The number of aryl methyl sites for hydroxylation is 1. The number of fused-ring (bicyclic) bond motifs is 1. The molecule has 0 saturated heterocycles. The lowest BCUT2D eigenvalue weighted by molar-refractivity contribution is -0.117. The Labute approximate surface area is 310 Å². The number of benzene rings is 5. The van der Waals surface area contributed by atoms with Crippen LogP contribution in [0.3, 0.4) is 0 Å². The number of rotatable bonds is 12. The number of para-hydroxylation sites is 1. The lowest BCUT2D eigenvalue weighted by Crippen LogP contribution is -2.29. The van der Waals surface area contributed by atoms with E-state index in [1.165, 1.54) is 5.56 Å². The molecule has 2 amide bonds. The Hall–Kier alpha value is -5.58. The van der Waals surface area contributed by atoms with Gasteiger partial charge in [0.1, 0.15) is 5.52 Å². The Morgan fingerprint density at radius 3 is 2.04 bits per heavy atom. The van der Waals surface area contributed by atoms with Gasteiger partial charge in [-0.3, -0.25) is 13.8 Å². The number of nitrogens with one attached hydrogen (secondary N) is 2. The monoisotopic (exact) mass is 729 g/mol. The number of aromatic nitrogens is 1. The molecular formula is C43H43N3O6S. The summed E-state index contributed by atoms with van der Waals surface area (Å²) >= 11 is 0. The van der Waals surface area contributed by atoms with E-state index in [2.05, 4.69) is 64.8 Å². The van der Waals surface area contributed by atoms with E-state index in [1.54, 1.807) is 12.1 Å². The Balaban J connectivity index is 1.21. The SMILES string of the molecule is COS(=O)(=O)CCNC(=O)c1ccc(C[C@@H](C(=O)Nc2ccc(-c3nc4c(C)cccc4o3)cc2)c2ccc(-c3ccc(C(C)(C)C)cc3)cc2)cc1. The maximum Gasteiger partial charge on any atom is 0.268 e. The van der Waals surface area contributed by atoms with Crippen molar-refractivity contribution in [1.29, 1.82) is 0 Å². The van der Waals surface area contributed by atoms with Gasteiger partial charge in [0.05, 0.1) is 18.8 Å². The molecule has 0 aliphatic rings. The first kappa shape index (κ1) is 37.2. The van der Waals surface area contributed by atoms with Crippen LogP contribution in [-0.2, 0) is 30.9 Å². The van der Waals surface area contributed by atoms with Gasteiger partial charge in [0, 0.05) is 23.4 Å². The van der Waals surface area contributed by atoms with Gasteiger partial charge in [0.2, 0.25) is 11.8 Å². The van der Waals surface area contributed by atoms with Crippen LogP contribution in [0.25, 0.3) is 33.7 Å². The molecule has 6 aromatic rings.